The third-order valence-corrected chi connectivity index (χ3v) is 3.34. The number of nitrogens with one attached hydrogen (secondary N) is 2. The van der Waals surface area contributed by atoms with Crippen molar-refractivity contribution in [2.24, 2.45) is 0 Å². The van der Waals surface area contributed by atoms with Crippen LogP contribution >= 0.6 is 0 Å². The molecule has 1 saturated heterocycles. The van der Waals surface area contributed by atoms with Crippen LogP contribution in [0.15, 0.2) is 18.2 Å². The lowest BCUT2D eigenvalue weighted by atomic mass is 10.2. The smallest absolute Gasteiger partial charge is 0.238 e. The molecule has 0 aliphatic carbocycles. The largest absolute Gasteiger partial charge is 0.398 e. The van der Waals surface area contributed by atoms with Gasteiger partial charge in [0.2, 0.25) is 11.8 Å². The topological polar surface area (TPSA) is 87.5 Å². The molecule has 1 aromatic carbocycles. The molecule has 2 amide bonds. The molecule has 1 aliphatic rings. The zero-order valence-corrected chi connectivity index (χ0v) is 11.6. The molecule has 1 heterocycles. The SMILES string of the molecule is Cc1ccc(NC(=O)CN2CCNC(=O)CC2)cc1N. The molecule has 0 spiro atoms. The van der Waals surface area contributed by atoms with E-state index in [0.717, 1.165) is 5.56 Å². The summed E-state index contributed by atoms with van der Waals surface area (Å²) in [6.07, 6.45) is 0.435. The Morgan fingerprint density at radius 1 is 1.45 bits per heavy atom. The van der Waals surface area contributed by atoms with Gasteiger partial charge in [-0.05, 0) is 24.6 Å². The first-order valence-electron chi connectivity index (χ1n) is 6.69. The van der Waals surface area contributed by atoms with Crippen molar-refractivity contribution < 1.29 is 9.59 Å². The van der Waals surface area contributed by atoms with Gasteiger partial charge in [-0.1, -0.05) is 6.07 Å². The highest BCUT2D eigenvalue weighted by molar-refractivity contribution is 5.92. The summed E-state index contributed by atoms with van der Waals surface area (Å²) in [5.41, 5.74) is 8.15. The van der Waals surface area contributed by atoms with Crippen LogP contribution in [-0.2, 0) is 9.59 Å². The molecule has 108 valence electrons. The molecule has 1 fully saturated rings. The van der Waals surface area contributed by atoms with E-state index >= 15 is 0 Å². The van der Waals surface area contributed by atoms with Crippen molar-refractivity contribution in [1.82, 2.24) is 10.2 Å². The van der Waals surface area contributed by atoms with Gasteiger partial charge in [0.25, 0.3) is 0 Å². The molecule has 6 heteroatoms. The zero-order valence-electron chi connectivity index (χ0n) is 11.6. The fourth-order valence-electron chi connectivity index (χ4n) is 2.09. The number of hydrogen-bond donors (Lipinski definition) is 3. The molecule has 6 nitrogen and oxygen atoms in total. The van der Waals surface area contributed by atoms with Crippen molar-refractivity contribution in [3.8, 4) is 0 Å². The summed E-state index contributed by atoms with van der Waals surface area (Å²) in [4.78, 5) is 25.2. The van der Waals surface area contributed by atoms with E-state index in [1.54, 1.807) is 6.07 Å². The number of benzene rings is 1. The van der Waals surface area contributed by atoms with E-state index in [9.17, 15) is 9.59 Å². The van der Waals surface area contributed by atoms with Crippen molar-refractivity contribution in [2.45, 2.75) is 13.3 Å². The van der Waals surface area contributed by atoms with Gasteiger partial charge in [-0.15, -0.1) is 0 Å². The van der Waals surface area contributed by atoms with Crippen molar-refractivity contribution in [2.75, 3.05) is 37.2 Å². The summed E-state index contributed by atoms with van der Waals surface area (Å²) in [6, 6.07) is 5.46. The van der Waals surface area contributed by atoms with Crippen molar-refractivity contribution in [3.63, 3.8) is 0 Å². The van der Waals surface area contributed by atoms with Crippen LogP contribution in [0, 0.1) is 6.92 Å². The first kappa shape index (κ1) is 14.3. The second-order valence-electron chi connectivity index (χ2n) is 5.00. The lowest BCUT2D eigenvalue weighted by Crippen LogP contribution is -2.35. The number of aryl methyl sites for hydroxylation is 1. The average molecular weight is 276 g/mol. The van der Waals surface area contributed by atoms with Crippen molar-refractivity contribution in [3.05, 3.63) is 23.8 Å². The highest BCUT2D eigenvalue weighted by atomic mass is 16.2. The molecule has 4 N–H and O–H groups in total. The van der Waals surface area contributed by atoms with Gasteiger partial charge in [0.1, 0.15) is 0 Å². The zero-order chi connectivity index (χ0) is 14.5. The van der Waals surface area contributed by atoms with Gasteiger partial charge < -0.3 is 16.4 Å². The lowest BCUT2D eigenvalue weighted by Gasteiger charge is -2.18. The summed E-state index contributed by atoms with van der Waals surface area (Å²) in [5.74, 6) is -0.0539. The molecular formula is C14H20N4O2. The summed E-state index contributed by atoms with van der Waals surface area (Å²) in [7, 11) is 0. The maximum atomic E-state index is 12.0. The number of carbonyl (C=O) groups excluding carboxylic acids is 2. The highest BCUT2D eigenvalue weighted by Gasteiger charge is 2.16. The van der Waals surface area contributed by atoms with E-state index in [2.05, 4.69) is 10.6 Å². The average Bonchev–Trinajstić information content (AvgIpc) is 2.59. The van der Waals surface area contributed by atoms with Gasteiger partial charge in [-0.25, -0.2) is 0 Å². The van der Waals surface area contributed by atoms with E-state index in [1.807, 2.05) is 24.0 Å². The van der Waals surface area contributed by atoms with E-state index in [-0.39, 0.29) is 18.4 Å². The molecule has 20 heavy (non-hydrogen) atoms. The summed E-state index contributed by atoms with van der Waals surface area (Å²) in [6.45, 7) is 4.08. The summed E-state index contributed by atoms with van der Waals surface area (Å²) in [5, 5.41) is 5.61. The number of nitrogens with two attached hydrogens (primary N) is 1. The molecule has 0 radical (unpaired) electrons. The van der Waals surface area contributed by atoms with E-state index < -0.39 is 0 Å². The normalized spacial score (nSPS) is 16.4. The van der Waals surface area contributed by atoms with Crippen LogP contribution in [0.25, 0.3) is 0 Å². The number of hydrogen-bond acceptors (Lipinski definition) is 4. The maximum Gasteiger partial charge on any atom is 0.238 e. The van der Waals surface area contributed by atoms with Gasteiger partial charge in [-0.2, -0.15) is 0 Å². The van der Waals surface area contributed by atoms with Crippen LogP contribution in [0.4, 0.5) is 11.4 Å². The third-order valence-electron chi connectivity index (χ3n) is 3.34. The van der Waals surface area contributed by atoms with Gasteiger partial charge in [0, 0.05) is 37.4 Å². The summed E-state index contributed by atoms with van der Waals surface area (Å²) < 4.78 is 0. The highest BCUT2D eigenvalue weighted by Crippen LogP contribution is 2.16. The molecule has 0 atom stereocenters. The van der Waals surface area contributed by atoms with Crippen LogP contribution in [0.1, 0.15) is 12.0 Å². The Hall–Kier alpha value is -2.08. The molecule has 2 rings (SSSR count). The Morgan fingerprint density at radius 3 is 3.00 bits per heavy atom. The van der Waals surface area contributed by atoms with Crippen LogP contribution in [0.5, 0.6) is 0 Å². The van der Waals surface area contributed by atoms with Gasteiger partial charge in [0.15, 0.2) is 0 Å². The van der Waals surface area contributed by atoms with Crippen molar-refractivity contribution in [1.29, 1.82) is 0 Å². The number of carbonyl (C=O) groups is 2. The number of anilines is 2. The van der Waals surface area contributed by atoms with Gasteiger partial charge in [0.05, 0.1) is 6.54 Å². The van der Waals surface area contributed by atoms with Crippen LogP contribution in [0.3, 0.4) is 0 Å². The van der Waals surface area contributed by atoms with Crippen LogP contribution in [-0.4, -0.2) is 42.9 Å². The van der Waals surface area contributed by atoms with Gasteiger partial charge >= 0.3 is 0 Å². The minimum absolute atomic E-state index is 0.0409. The lowest BCUT2D eigenvalue weighted by molar-refractivity contribution is -0.121. The molecule has 0 aromatic heterocycles. The molecule has 1 aliphatic heterocycles. The minimum Gasteiger partial charge on any atom is -0.398 e. The molecule has 0 saturated carbocycles. The Bertz CT molecular complexity index is 516. The van der Waals surface area contributed by atoms with E-state index in [0.29, 0.717) is 37.4 Å². The van der Waals surface area contributed by atoms with Crippen LogP contribution in [0.2, 0.25) is 0 Å². The van der Waals surface area contributed by atoms with Crippen LogP contribution < -0.4 is 16.4 Å². The number of amides is 2. The van der Waals surface area contributed by atoms with Crippen molar-refractivity contribution >= 4 is 23.2 Å². The fourth-order valence-corrected chi connectivity index (χ4v) is 2.09. The molecule has 0 unspecified atom stereocenters. The quantitative estimate of drug-likeness (QED) is 0.695. The Balaban J connectivity index is 1.88. The number of nitrogens with zero attached hydrogens (tertiary/aromatic N) is 1. The molecule has 0 bridgehead atoms. The Kier molecular flexibility index (Phi) is 4.57. The third kappa shape index (κ3) is 3.96. The molecular weight excluding hydrogens is 256 g/mol. The Labute approximate surface area is 118 Å². The summed E-state index contributed by atoms with van der Waals surface area (Å²) >= 11 is 0. The fraction of sp³-hybridized carbons (Fsp3) is 0.429. The number of nitrogen functional groups attached to an aromatic ring is 1. The standard InChI is InChI=1S/C14H20N4O2/c1-10-2-3-11(8-12(10)15)17-14(20)9-18-6-4-13(19)16-5-7-18/h2-3,8H,4-7,9,15H2,1H3,(H,16,19)(H,17,20). The van der Waals surface area contributed by atoms with E-state index in [1.165, 1.54) is 0 Å². The second-order valence-corrected chi connectivity index (χ2v) is 5.00. The van der Waals surface area contributed by atoms with Gasteiger partial charge in [-0.3, -0.25) is 14.5 Å². The maximum absolute atomic E-state index is 12.0. The predicted octanol–water partition coefficient (Wildman–Crippen LogP) is 0.338. The first-order valence-corrected chi connectivity index (χ1v) is 6.69. The minimum atomic E-state index is -0.0948. The monoisotopic (exact) mass is 276 g/mol. The van der Waals surface area contributed by atoms with E-state index in [4.69, 9.17) is 5.73 Å². The first-order chi connectivity index (χ1) is 9.54. The second kappa shape index (κ2) is 6.38. The number of rotatable bonds is 3. The predicted molar refractivity (Wildman–Crippen MR) is 78.3 cm³/mol. The Morgan fingerprint density at radius 2 is 2.25 bits per heavy atom. The molecule has 1 aromatic rings.